The molecule has 3 N–H and O–H groups in total. The van der Waals surface area contributed by atoms with Gasteiger partial charge in [0, 0.05) is 0 Å². The predicted molar refractivity (Wildman–Crippen MR) is 44.9 cm³/mol. The summed E-state index contributed by atoms with van der Waals surface area (Å²) in [4.78, 5) is 7.57. The van der Waals surface area contributed by atoms with Crippen LogP contribution in [0, 0.1) is 0 Å². The first kappa shape index (κ1) is 7.97. The van der Waals surface area contributed by atoms with Gasteiger partial charge in [-0.1, -0.05) is 24.3 Å². The van der Waals surface area contributed by atoms with Crippen LogP contribution >= 0.6 is 11.6 Å². The van der Waals surface area contributed by atoms with Crippen molar-refractivity contribution in [2.45, 2.75) is 0 Å². The Morgan fingerprint density at radius 3 is 2.82 bits per heavy atom. The zero-order valence-electron chi connectivity index (χ0n) is 5.71. The lowest BCUT2D eigenvalue weighted by Crippen LogP contribution is -2.10. The Balaban J connectivity index is 3.24. The summed E-state index contributed by atoms with van der Waals surface area (Å²) in [5.41, 5.74) is 2.99. The molecule has 1 heterocycles. The molecule has 4 nitrogen and oxygen atoms in total. The van der Waals surface area contributed by atoms with Gasteiger partial charge in [0.1, 0.15) is 11.5 Å². The van der Waals surface area contributed by atoms with Crippen molar-refractivity contribution in [3.63, 3.8) is 0 Å². The second-order valence-corrected chi connectivity index (χ2v) is 2.13. The van der Waals surface area contributed by atoms with Crippen molar-refractivity contribution in [1.82, 2.24) is 9.97 Å². The van der Waals surface area contributed by atoms with E-state index in [2.05, 4.69) is 22.0 Å². The summed E-state index contributed by atoms with van der Waals surface area (Å²) in [6.45, 7) is 3.54. The van der Waals surface area contributed by atoms with Gasteiger partial charge in [-0.3, -0.25) is 0 Å². The summed E-state index contributed by atoms with van der Waals surface area (Å²) in [5.74, 6) is 5.62. The Kier molecular flexibility index (Phi) is 2.40. The number of nitrogens with zero attached hydrogens (tertiary/aromatic N) is 2. The average Bonchev–Trinajstić information content (AvgIpc) is 2.04. The molecule has 0 fully saturated rings. The number of halogens is 1. The van der Waals surface area contributed by atoms with Gasteiger partial charge in [0.15, 0.2) is 5.82 Å². The van der Waals surface area contributed by atoms with Gasteiger partial charge in [-0.05, 0) is 0 Å². The maximum atomic E-state index is 5.69. The van der Waals surface area contributed by atoms with Crippen LogP contribution in [0.3, 0.4) is 0 Å². The van der Waals surface area contributed by atoms with Crippen LogP contribution in [0.5, 0.6) is 0 Å². The van der Waals surface area contributed by atoms with Crippen molar-refractivity contribution in [2.75, 3.05) is 5.43 Å². The van der Waals surface area contributed by atoms with Crippen LogP contribution in [0.15, 0.2) is 12.9 Å². The molecule has 58 valence electrons. The van der Waals surface area contributed by atoms with Crippen LogP contribution in [-0.2, 0) is 0 Å². The Labute approximate surface area is 69.1 Å². The second kappa shape index (κ2) is 3.32. The van der Waals surface area contributed by atoms with Gasteiger partial charge in [-0.15, -0.1) is 0 Å². The number of hydrogen-bond donors (Lipinski definition) is 2. The van der Waals surface area contributed by atoms with Crippen LogP contribution < -0.4 is 11.3 Å². The van der Waals surface area contributed by atoms with Crippen molar-refractivity contribution < 1.29 is 0 Å². The molecule has 0 saturated carbocycles. The first-order chi connectivity index (χ1) is 5.29. The van der Waals surface area contributed by atoms with E-state index in [0.717, 1.165) is 0 Å². The van der Waals surface area contributed by atoms with Crippen LogP contribution in [-0.4, -0.2) is 9.97 Å². The summed E-state index contributed by atoms with van der Waals surface area (Å²) in [5, 5.41) is 0.336. The lowest BCUT2D eigenvalue weighted by molar-refractivity contribution is 1.13. The van der Waals surface area contributed by atoms with E-state index in [4.69, 9.17) is 17.4 Å². The molecule has 1 rings (SSSR count). The monoisotopic (exact) mass is 170 g/mol. The molecular formula is C6H7ClN4. The van der Waals surface area contributed by atoms with Gasteiger partial charge in [0.05, 0.1) is 5.56 Å². The van der Waals surface area contributed by atoms with E-state index >= 15 is 0 Å². The molecule has 0 aliphatic carbocycles. The van der Waals surface area contributed by atoms with Crippen LogP contribution in [0.1, 0.15) is 5.56 Å². The lowest BCUT2D eigenvalue weighted by atomic mass is 10.3. The van der Waals surface area contributed by atoms with Gasteiger partial charge in [-0.2, -0.15) is 0 Å². The summed E-state index contributed by atoms with van der Waals surface area (Å²) in [6.07, 6.45) is 2.86. The summed E-state index contributed by atoms with van der Waals surface area (Å²) < 4.78 is 0. The standard InChI is InChI=1S/C6H7ClN4/c1-2-4-5(7)9-3-10-6(4)11-8/h2-3H,1,8H2,(H,9,10,11). The molecule has 0 atom stereocenters. The Morgan fingerprint density at radius 1 is 1.64 bits per heavy atom. The van der Waals surface area contributed by atoms with E-state index in [0.29, 0.717) is 16.5 Å². The van der Waals surface area contributed by atoms with Gasteiger partial charge >= 0.3 is 0 Å². The predicted octanol–water partition coefficient (Wildman–Crippen LogP) is 1.06. The largest absolute Gasteiger partial charge is 0.308 e. The molecule has 0 aromatic carbocycles. The van der Waals surface area contributed by atoms with Crippen molar-refractivity contribution >= 4 is 23.5 Å². The highest BCUT2D eigenvalue weighted by molar-refractivity contribution is 6.31. The minimum Gasteiger partial charge on any atom is -0.308 e. The third-order valence-electron chi connectivity index (χ3n) is 1.18. The van der Waals surface area contributed by atoms with Gasteiger partial charge < -0.3 is 5.43 Å². The highest BCUT2D eigenvalue weighted by Gasteiger charge is 2.03. The molecule has 11 heavy (non-hydrogen) atoms. The summed E-state index contributed by atoms with van der Waals surface area (Å²) in [6, 6.07) is 0. The Morgan fingerprint density at radius 2 is 2.36 bits per heavy atom. The third kappa shape index (κ3) is 1.47. The molecule has 0 amide bonds. The average molecular weight is 171 g/mol. The molecule has 0 saturated heterocycles. The molecule has 0 radical (unpaired) electrons. The summed E-state index contributed by atoms with van der Waals surface area (Å²) in [7, 11) is 0. The molecule has 1 aromatic rings. The van der Waals surface area contributed by atoms with E-state index < -0.39 is 0 Å². The van der Waals surface area contributed by atoms with Crippen molar-refractivity contribution in [2.24, 2.45) is 5.84 Å². The molecule has 0 spiro atoms. The van der Waals surface area contributed by atoms with Crippen LogP contribution in [0.4, 0.5) is 5.82 Å². The summed E-state index contributed by atoms with van der Waals surface area (Å²) >= 11 is 5.69. The maximum absolute atomic E-state index is 5.69. The topological polar surface area (TPSA) is 63.8 Å². The van der Waals surface area contributed by atoms with Gasteiger partial charge in [0.25, 0.3) is 0 Å². The lowest BCUT2D eigenvalue weighted by Gasteiger charge is -2.02. The molecule has 5 heteroatoms. The molecule has 0 aliphatic rings. The van der Waals surface area contributed by atoms with Gasteiger partial charge in [0.2, 0.25) is 0 Å². The van der Waals surface area contributed by atoms with E-state index in [1.165, 1.54) is 12.4 Å². The quantitative estimate of drug-likeness (QED) is 0.396. The molecule has 0 unspecified atom stereocenters. The molecule has 0 aliphatic heterocycles. The highest BCUT2D eigenvalue weighted by Crippen LogP contribution is 2.19. The van der Waals surface area contributed by atoms with Crippen molar-refractivity contribution in [3.05, 3.63) is 23.6 Å². The molecule has 0 bridgehead atoms. The Hall–Kier alpha value is -1.13. The van der Waals surface area contributed by atoms with Crippen molar-refractivity contribution in [1.29, 1.82) is 0 Å². The SMILES string of the molecule is C=Cc1c(Cl)ncnc1NN. The third-order valence-corrected chi connectivity index (χ3v) is 1.48. The number of nitrogens with two attached hydrogens (primary N) is 1. The first-order valence-electron chi connectivity index (χ1n) is 2.89. The maximum Gasteiger partial charge on any atom is 0.152 e. The van der Waals surface area contributed by atoms with Crippen LogP contribution in [0.2, 0.25) is 5.15 Å². The smallest absolute Gasteiger partial charge is 0.152 e. The fraction of sp³-hybridized carbons (Fsp3) is 0. The number of nitrogens with one attached hydrogen (secondary N) is 1. The number of aromatic nitrogens is 2. The van der Waals surface area contributed by atoms with E-state index in [9.17, 15) is 0 Å². The van der Waals surface area contributed by atoms with Gasteiger partial charge in [-0.25, -0.2) is 15.8 Å². The zero-order valence-corrected chi connectivity index (χ0v) is 6.47. The Bertz CT molecular complexity index is 273. The van der Waals surface area contributed by atoms with Crippen LogP contribution in [0.25, 0.3) is 6.08 Å². The van der Waals surface area contributed by atoms with E-state index in [1.807, 2.05) is 0 Å². The fourth-order valence-corrected chi connectivity index (χ4v) is 0.880. The number of rotatable bonds is 2. The number of nitrogen functional groups attached to an aromatic ring is 1. The van der Waals surface area contributed by atoms with E-state index in [-0.39, 0.29) is 0 Å². The van der Waals surface area contributed by atoms with Crippen molar-refractivity contribution in [3.8, 4) is 0 Å². The number of hydrogen-bond acceptors (Lipinski definition) is 4. The number of hydrazine groups is 1. The minimum atomic E-state index is 0.336. The molecular weight excluding hydrogens is 164 g/mol. The van der Waals surface area contributed by atoms with E-state index in [1.54, 1.807) is 0 Å². The molecule has 1 aromatic heterocycles. The first-order valence-corrected chi connectivity index (χ1v) is 3.27. The second-order valence-electron chi connectivity index (χ2n) is 1.78. The fourth-order valence-electron chi connectivity index (χ4n) is 0.670. The zero-order chi connectivity index (χ0) is 8.27. The number of anilines is 1. The minimum absolute atomic E-state index is 0.336. The highest BCUT2D eigenvalue weighted by atomic mass is 35.5. The normalized spacial score (nSPS) is 9.27.